The van der Waals surface area contributed by atoms with Crippen LogP contribution in [-0.2, 0) is 42.9 Å². The van der Waals surface area contributed by atoms with Gasteiger partial charge in [-0.2, -0.15) is 0 Å². The number of piperidine rings is 1. The van der Waals surface area contributed by atoms with Gasteiger partial charge in [-0.05, 0) is 68.1 Å². The Labute approximate surface area is 217 Å². The summed E-state index contributed by atoms with van der Waals surface area (Å²) in [7, 11) is 4.17. The number of phenols is 1. The van der Waals surface area contributed by atoms with Crippen molar-refractivity contribution in [1.29, 1.82) is 0 Å². The molecule has 37 heavy (non-hydrogen) atoms. The highest BCUT2D eigenvalue weighted by atomic mass is 16.5. The van der Waals surface area contributed by atoms with Gasteiger partial charge in [-0.1, -0.05) is 36.4 Å². The molecule has 6 nitrogen and oxygen atoms in total. The summed E-state index contributed by atoms with van der Waals surface area (Å²) in [6, 6.07) is 16.1. The highest BCUT2D eigenvalue weighted by Gasteiger charge is 2.72. The van der Waals surface area contributed by atoms with Crippen molar-refractivity contribution in [2.75, 3.05) is 13.6 Å². The molecule has 0 radical (unpaired) electrons. The second kappa shape index (κ2) is 7.95. The fourth-order valence-electron chi connectivity index (χ4n) is 8.00. The summed E-state index contributed by atoms with van der Waals surface area (Å²) in [5.74, 6) is 0.975. The van der Waals surface area contributed by atoms with E-state index in [1.807, 2.05) is 24.3 Å². The fraction of sp³-hybridized carbons (Fsp3) is 0.452. The first kappa shape index (κ1) is 23.1. The Morgan fingerprint density at radius 3 is 2.68 bits per heavy atom. The van der Waals surface area contributed by atoms with Crippen molar-refractivity contribution in [3.8, 4) is 11.5 Å². The molecule has 0 unspecified atom stereocenters. The van der Waals surface area contributed by atoms with Crippen molar-refractivity contribution in [1.82, 2.24) is 9.47 Å². The maximum Gasteiger partial charge on any atom is 0.166 e. The predicted octanol–water partition coefficient (Wildman–Crippen LogP) is 3.78. The summed E-state index contributed by atoms with van der Waals surface area (Å²) < 4.78 is 8.83. The summed E-state index contributed by atoms with van der Waals surface area (Å²) in [5.41, 5.74) is 5.13. The van der Waals surface area contributed by atoms with Crippen LogP contribution in [0.15, 0.2) is 48.5 Å². The Hall–Kier alpha value is -3.09. The number of ether oxygens (including phenoxy) is 1. The minimum Gasteiger partial charge on any atom is -0.504 e. The number of hydrogen-bond acceptors (Lipinski definition) is 5. The van der Waals surface area contributed by atoms with E-state index in [9.17, 15) is 15.0 Å². The molecule has 192 valence electrons. The minimum atomic E-state index is -0.978. The Morgan fingerprint density at radius 1 is 1.08 bits per heavy atom. The van der Waals surface area contributed by atoms with Crippen LogP contribution in [0.2, 0.25) is 0 Å². The SMILES string of the molecule is CN1CC[C@]23c4c5ccc(O)c4O[C@H]2c2c(cc(CCC(=O)CCc4ccccc4)n2C)C[C@@]3(O)[C@@H]1C5. The second-order valence-electron chi connectivity index (χ2n) is 11.6. The van der Waals surface area contributed by atoms with E-state index in [1.54, 1.807) is 6.07 Å². The van der Waals surface area contributed by atoms with E-state index in [-0.39, 0.29) is 23.7 Å². The van der Waals surface area contributed by atoms with E-state index >= 15 is 0 Å². The maximum atomic E-state index is 12.7. The van der Waals surface area contributed by atoms with Crippen molar-refractivity contribution in [3.63, 3.8) is 0 Å². The van der Waals surface area contributed by atoms with Crippen LogP contribution in [0.5, 0.6) is 11.5 Å². The van der Waals surface area contributed by atoms with Crippen LogP contribution in [0.3, 0.4) is 0 Å². The van der Waals surface area contributed by atoms with E-state index in [0.29, 0.717) is 31.4 Å². The molecular weight excluding hydrogens is 464 g/mol. The molecule has 2 N–H and O–H groups in total. The molecule has 6 heteroatoms. The number of ketones is 1. The number of rotatable bonds is 6. The Bertz CT molecular complexity index is 1410. The van der Waals surface area contributed by atoms with E-state index in [2.05, 4.69) is 41.8 Å². The highest BCUT2D eigenvalue weighted by molar-refractivity contribution is 5.78. The first-order chi connectivity index (χ1) is 17.8. The summed E-state index contributed by atoms with van der Waals surface area (Å²) in [6.45, 7) is 0.879. The van der Waals surface area contributed by atoms with Gasteiger partial charge in [0.2, 0.25) is 0 Å². The zero-order valence-corrected chi connectivity index (χ0v) is 21.5. The van der Waals surface area contributed by atoms with Crippen molar-refractivity contribution in [2.45, 2.75) is 68.1 Å². The molecule has 1 saturated heterocycles. The summed E-state index contributed by atoms with van der Waals surface area (Å²) in [5, 5.41) is 23.3. The van der Waals surface area contributed by atoms with Gasteiger partial charge in [0.15, 0.2) is 17.6 Å². The van der Waals surface area contributed by atoms with Gasteiger partial charge >= 0.3 is 0 Å². The minimum absolute atomic E-state index is 0.00767. The van der Waals surface area contributed by atoms with Crippen LogP contribution in [0.1, 0.15) is 59.0 Å². The van der Waals surface area contributed by atoms with Crippen molar-refractivity contribution >= 4 is 5.78 Å². The van der Waals surface area contributed by atoms with Crippen LogP contribution in [0.25, 0.3) is 0 Å². The van der Waals surface area contributed by atoms with Crippen molar-refractivity contribution in [3.05, 3.63) is 82.2 Å². The molecule has 1 aromatic heterocycles. The lowest BCUT2D eigenvalue weighted by atomic mass is 9.49. The van der Waals surface area contributed by atoms with Gasteiger partial charge in [0.25, 0.3) is 0 Å². The molecule has 2 aliphatic carbocycles. The maximum absolute atomic E-state index is 12.7. The molecular formula is C31H34N2O4. The molecule has 2 aliphatic heterocycles. The number of benzene rings is 2. The van der Waals surface area contributed by atoms with E-state index in [4.69, 9.17) is 4.74 Å². The Balaban J connectivity index is 1.22. The zero-order chi connectivity index (χ0) is 25.5. The van der Waals surface area contributed by atoms with Gasteiger partial charge in [-0.25, -0.2) is 0 Å². The summed E-state index contributed by atoms with van der Waals surface area (Å²) in [4.78, 5) is 15.0. The Morgan fingerprint density at radius 2 is 1.86 bits per heavy atom. The van der Waals surface area contributed by atoms with Gasteiger partial charge in [0.1, 0.15) is 5.78 Å². The number of aromatic hydroxyl groups is 1. The molecule has 1 spiro atoms. The standard InChI is InChI=1S/C31H34N2O4/c1-32-15-14-30-26-20-9-13-24(35)28(26)37-29(30)27-21(18-31(30,36)25(32)17-20)16-22(33(27)2)10-12-23(34)11-8-19-6-4-3-5-7-19/h3-7,9,13,16,25,29,35-36H,8,10-12,14-15,17-18H2,1-2H3/t25-,29-,30-,31+/m0/s1. The third-order valence-electron chi connectivity index (χ3n) is 9.85. The quantitative estimate of drug-likeness (QED) is 0.541. The van der Waals surface area contributed by atoms with Crippen molar-refractivity contribution < 1.29 is 19.7 Å². The smallest absolute Gasteiger partial charge is 0.166 e. The summed E-state index contributed by atoms with van der Waals surface area (Å²) in [6.07, 6.45) is 4.22. The number of carbonyl (C=O) groups excluding carboxylic acids is 1. The number of hydrogen-bond donors (Lipinski definition) is 2. The number of fused-ring (bicyclic) bond motifs is 2. The van der Waals surface area contributed by atoms with Gasteiger partial charge in [0.05, 0.1) is 16.7 Å². The van der Waals surface area contributed by atoms with Crippen LogP contribution < -0.4 is 4.74 Å². The third kappa shape index (κ3) is 3.03. The van der Waals surface area contributed by atoms with Crippen molar-refractivity contribution in [2.24, 2.45) is 7.05 Å². The fourth-order valence-corrected chi connectivity index (χ4v) is 8.00. The normalized spacial score (nSPS) is 28.9. The lowest BCUT2D eigenvalue weighted by Gasteiger charge is -2.62. The number of carbonyl (C=O) groups is 1. The van der Waals surface area contributed by atoms with Gasteiger partial charge in [-0.15, -0.1) is 0 Å². The van der Waals surface area contributed by atoms with E-state index < -0.39 is 11.0 Å². The molecule has 4 atom stereocenters. The number of aromatic nitrogens is 1. The number of phenolic OH excluding ortho intramolecular Hbond substituents is 1. The average molecular weight is 499 g/mol. The first-order valence-electron chi connectivity index (χ1n) is 13.5. The second-order valence-corrected chi connectivity index (χ2v) is 11.6. The highest BCUT2D eigenvalue weighted by Crippen LogP contribution is 2.68. The lowest BCUT2D eigenvalue weighted by Crippen LogP contribution is -2.73. The number of likely N-dealkylation sites (N-methyl/N-ethyl adjacent to an activating group) is 1. The Kier molecular flexibility index (Phi) is 4.96. The first-order valence-corrected chi connectivity index (χ1v) is 13.5. The molecule has 2 aromatic carbocycles. The molecule has 3 heterocycles. The number of aliphatic hydroxyl groups is 1. The molecule has 7 rings (SSSR count). The number of likely N-dealkylation sites (tertiary alicyclic amines) is 1. The largest absolute Gasteiger partial charge is 0.504 e. The summed E-state index contributed by atoms with van der Waals surface area (Å²) >= 11 is 0. The predicted molar refractivity (Wildman–Crippen MR) is 140 cm³/mol. The molecule has 1 fully saturated rings. The molecule has 3 aromatic rings. The van der Waals surface area contributed by atoms with Crippen LogP contribution in [0, 0.1) is 0 Å². The molecule has 0 amide bonds. The van der Waals surface area contributed by atoms with Crippen LogP contribution in [-0.4, -0.2) is 50.7 Å². The van der Waals surface area contributed by atoms with Gasteiger partial charge in [-0.3, -0.25) is 4.79 Å². The average Bonchev–Trinajstić information content (AvgIpc) is 3.39. The van der Waals surface area contributed by atoms with Gasteiger partial charge in [0, 0.05) is 43.6 Å². The lowest BCUT2D eigenvalue weighted by molar-refractivity contribution is -0.168. The van der Waals surface area contributed by atoms with E-state index in [1.165, 1.54) is 11.1 Å². The molecule has 2 bridgehead atoms. The molecule has 4 aliphatic rings. The number of Topliss-reactive ketones (excluding diaryl/α,β-unsaturated/α-hetero) is 1. The number of nitrogens with zero attached hydrogens (tertiary/aromatic N) is 2. The monoisotopic (exact) mass is 498 g/mol. The zero-order valence-electron chi connectivity index (χ0n) is 21.5. The van der Waals surface area contributed by atoms with E-state index in [0.717, 1.165) is 48.3 Å². The van der Waals surface area contributed by atoms with Crippen LogP contribution >= 0.6 is 0 Å². The van der Waals surface area contributed by atoms with Gasteiger partial charge < -0.3 is 24.4 Å². The third-order valence-corrected chi connectivity index (χ3v) is 9.85. The van der Waals surface area contributed by atoms with Crippen LogP contribution in [0.4, 0.5) is 0 Å². The number of aryl methyl sites for hydroxylation is 2. The molecule has 0 saturated carbocycles. The topological polar surface area (TPSA) is 74.9 Å².